The molecule has 0 amide bonds. The highest BCUT2D eigenvalue weighted by Gasteiger charge is 2.46. The van der Waals surface area contributed by atoms with Gasteiger partial charge in [0, 0.05) is 0 Å². The van der Waals surface area contributed by atoms with E-state index >= 15 is 0 Å². The minimum absolute atomic E-state index is 2.23. The summed E-state index contributed by atoms with van der Waals surface area (Å²) < 4.78 is 19.3. The molecule has 0 radical (unpaired) electrons. The van der Waals surface area contributed by atoms with E-state index in [0.717, 1.165) is 0 Å². The van der Waals surface area contributed by atoms with Gasteiger partial charge in [0.2, 0.25) is 0 Å². The SMILES string of the molecule is FC(Cl)(Br)C(F)(Br)Br. The van der Waals surface area contributed by atoms with Crippen molar-refractivity contribution >= 4 is 59.4 Å². The van der Waals surface area contributed by atoms with E-state index in [0.29, 0.717) is 0 Å². The average Bonchev–Trinajstić information content (AvgIpc) is 1.25. The minimum Gasteiger partial charge on any atom is -0.212 e. The van der Waals surface area contributed by atoms with Crippen molar-refractivity contribution in [3.63, 3.8) is 0 Å². The normalized spacial score (nSPS) is 20.2. The van der Waals surface area contributed by atoms with E-state index in [4.69, 9.17) is 11.6 Å². The molecule has 0 aromatic rings. The molecule has 6 heteroatoms. The highest BCUT2D eigenvalue weighted by Crippen LogP contribution is 2.48. The number of rotatable bonds is 1. The fourth-order valence-electron chi connectivity index (χ4n) is 0. The predicted octanol–water partition coefficient (Wildman–Crippen LogP) is 3.66. The number of alkyl halides is 6. The molecule has 0 saturated carbocycles. The van der Waals surface area contributed by atoms with Crippen molar-refractivity contribution in [3.05, 3.63) is 0 Å². The van der Waals surface area contributed by atoms with E-state index in [9.17, 15) is 8.78 Å². The van der Waals surface area contributed by atoms with Gasteiger partial charge in [-0.3, -0.25) is 0 Å². The van der Waals surface area contributed by atoms with E-state index in [2.05, 4.69) is 47.8 Å². The maximum absolute atomic E-state index is 12.2. The van der Waals surface area contributed by atoms with Gasteiger partial charge in [0.25, 0.3) is 7.52 Å². The molecule has 0 aliphatic heterocycles. The lowest BCUT2D eigenvalue weighted by atomic mass is 10.8. The van der Waals surface area contributed by atoms with E-state index < -0.39 is 7.52 Å². The van der Waals surface area contributed by atoms with Crippen molar-refractivity contribution in [1.29, 1.82) is 0 Å². The second kappa shape index (κ2) is 2.68. The molecular formula is C2Br3ClF2. The molecule has 1 atom stereocenters. The first kappa shape index (κ1) is 9.59. The van der Waals surface area contributed by atoms with Crippen LogP contribution in [-0.4, -0.2) is 7.52 Å². The van der Waals surface area contributed by atoms with Crippen LogP contribution in [0.25, 0.3) is 0 Å². The van der Waals surface area contributed by atoms with Crippen molar-refractivity contribution < 1.29 is 8.78 Å². The lowest BCUT2D eigenvalue weighted by Gasteiger charge is -2.17. The van der Waals surface area contributed by atoms with E-state index in [-0.39, 0.29) is 0 Å². The van der Waals surface area contributed by atoms with Gasteiger partial charge >= 0.3 is 0 Å². The molecule has 0 fully saturated rings. The summed E-state index contributed by atoms with van der Waals surface area (Å²) in [5.74, 6) is 0. The summed E-state index contributed by atoms with van der Waals surface area (Å²) in [5, 5.41) is 0. The summed E-state index contributed by atoms with van der Waals surface area (Å²) in [7, 11) is 0. The maximum Gasteiger partial charge on any atom is 0.291 e. The third-order valence-corrected chi connectivity index (χ3v) is 3.74. The molecule has 0 aliphatic rings. The Morgan fingerprint density at radius 1 is 1.12 bits per heavy atom. The Morgan fingerprint density at radius 3 is 1.25 bits per heavy atom. The third kappa shape index (κ3) is 2.94. The van der Waals surface area contributed by atoms with Crippen LogP contribution >= 0.6 is 59.4 Å². The summed E-state index contributed by atoms with van der Waals surface area (Å²) >= 11 is 11.6. The van der Waals surface area contributed by atoms with Crippen LogP contribution in [0.3, 0.4) is 0 Å². The van der Waals surface area contributed by atoms with Crippen molar-refractivity contribution in [2.24, 2.45) is 0 Å². The molecule has 0 aromatic heterocycles. The largest absolute Gasteiger partial charge is 0.291 e. The zero-order valence-corrected chi connectivity index (χ0v) is 8.78. The van der Waals surface area contributed by atoms with E-state index in [1.165, 1.54) is 0 Å². The van der Waals surface area contributed by atoms with Crippen LogP contribution in [0.1, 0.15) is 0 Å². The minimum atomic E-state index is -2.61. The third-order valence-electron chi connectivity index (χ3n) is 0.321. The van der Waals surface area contributed by atoms with Gasteiger partial charge in [0.15, 0.2) is 0 Å². The molecule has 0 nitrogen and oxygen atoms in total. The van der Waals surface area contributed by atoms with Crippen LogP contribution in [0.5, 0.6) is 0 Å². The standard InChI is InChI=1S/C2Br3ClF2/c3-1(4,7)2(5,6)8. The second-order valence-electron chi connectivity index (χ2n) is 0.996. The fraction of sp³-hybridized carbons (Fsp3) is 1.00. The monoisotopic (exact) mass is 334 g/mol. The van der Waals surface area contributed by atoms with Crippen molar-refractivity contribution in [1.82, 2.24) is 0 Å². The zero-order chi connectivity index (χ0) is 7.00. The molecule has 0 N–H and O–H groups in total. The van der Waals surface area contributed by atoms with E-state index in [1.807, 2.05) is 0 Å². The first-order valence-electron chi connectivity index (χ1n) is 1.38. The molecule has 0 saturated heterocycles. The summed E-state index contributed by atoms with van der Waals surface area (Å²) in [6.45, 7) is 0. The number of hydrogen-bond donors (Lipinski definition) is 0. The van der Waals surface area contributed by atoms with Gasteiger partial charge in [0.05, 0.1) is 0 Å². The van der Waals surface area contributed by atoms with Gasteiger partial charge < -0.3 is 0 Å². The Morgan fingerprint density at radius 2 is 1.25 bits per heavy atom. The van der Waals surface area contributed by atoms with Crippen LogP contribution in [-0.2, 0) is 0 Å². The highest BCUT2D eigenvalue weighted by molar-refractivity contribution is 9.26. The lowest BCUT2D eigenvalue weighted by molar-refractivity contribution is 0.272. The smallest absolute Gasteiger partial charge is 0.212 e. The highest BCUT2D eigenvalue weighted by atomic mass is 79.9. The summed E-state index contributed by atoms with van der Waals surface area (Å²) in [4.78, 5) is 0. The van der Waals surface area contributed by atoms with Gasteiger partial charge in [-0.15, -0.1) is 0 Å². The topological polar surface area (TPSA) is 0 Å². The molecule has 0 aliphatic carbocycles. The Labute approximate surface area is 75.3 Å². The lowest BCUT2D eigenvalue weighted by Crippen LogP contribution is -2.24. The van der Waals surface area contributed by atoms with Crippen molar-refractivity contribution in [2.75, 3.05) is 0 Å². The zero-order valence-electron chi connectivity index (χ0n) is 3.27. The molecule has 0 spiro atoms. The first-order valence-corrected chi connectivity index (χ1v) is 4.14. The van der Waals surface area contributed by atoms with Gasteiger partial charge in [0.1, 0.15) is 0 Å². The molecule has 50 valence electrons. The molecule has 1 unspecified atom stereocenters. The molecule has 0 rings (SSSR count). The molecule has 0 aromatic carbocycles. The Kier molecular flexibility index (Phi) is 3.21. The average molecular weight is 337 g/mol. The van der Waals surface area contributed by atoms with Crippen LogP contribution in [0.15, 0.2) is 0 Å². The number of hydrogen-bond acceptors (Lipinski definition) is 0. The van der Waals surface area contributed by atoms with Gasteiger partial charge in [-0.25, -0.2) is 8.78 Å². The van der Waals surface area contributed by atoms with Crippen molar-refractivity contribution in [2.45, 2.75) is 7.52 Å². The molecule has 0 heterocycles. The van der Waals surface area contributed by atoms with Gasteiger partial charge in [-0.1, -0.05) is 11.6 Å². The van der Waals surface area contributed by atoms with Crippen molar-refractivity contribution in [3.8, 4) is 0 Å². The van der Waals surface area contributed by atoms with Crippen LogP contribution < -0.4 is 0 Å². The summed E-state index contributed by atoms with van der Waals surface area (Å²) in [5.41, 5.74) is 0. The fourth-order valence-corrected chi connectivity index (χ4v) is 0. The Bertz CT molecular complexity index is 70.3. The molecule has 8 heavy (non-hydrogen) atoms. The Hall–Kier alpha value is 1.59. The quantitative estimate of drug-likeness (QED) is 0.641. The Balaban J connectivity index is 4.02. The summed E-state index contributed by atoms with van der Waals surface area (Å²) in [6, 6.07) is 0. The van der Waals surface area contributed by atoms with E-state index in [1.54, 1.807) is 0 Å². The van der Waals surface area contributed by atoms with Gasteiger partial charge in [-0.2, -0.15) is 0 Å². The first-order chi connectivity index (χ1) is 3.25. The maximum atomic E-state index is 12.2. The number of halogens is 6. The van der Waals surface area contributed by atoms with Gasteiger partial charge in [-0.05, 0) is 47.8 Å². The molecular weight excluding hydrogens is 337 g/mol. The predicted molar refractivity (Wildman–Crippen MR) is 40.3 cm³/mol. The van der Waals surface area contributed by atoms with Crippen LogP contribution in [0.2, 0.25) is 0 Å². The van der Waals surface area contributed by atoms with Crippen LogP contribution in [0.4, 0.5) is 8.78 Å². The van der Waals surface area contributed by atoms with Crippen LogP contribution in [0, 0.1) is 0 Å². The second-order valence-corrected chi connectivity index (χ2v) is 6.32. The summed E-state index contributed by atoms with van der Waals surface area (Å²) in [6.07, 6.45) is 0. The molecule has 0 bridgehead atoms.